The monoisotopic (exact) mass is 424 g/mol. The van der Waals surface area contributed by atoms with Crippen LogP contribution in [0.15, 0.2) is 36.7 Å². The van der Waals surface area contributed by atoms with Crippen molar-refractivity contribution < 1.29 is 27.4 Å². The number of hydrogen-bond donors (Lipinski definition) is 2. The van der Waals surface area contributed by atoms with Crippen molar-refractivity contribution in [2.45, 2.75) is 6.18 Å². The molecule has 0 aliphatic carbocycles. The molecule has 0 atom stereocenters. The van der Waals surface area contributed by atoms with Gasteiger partial charge in [0.15, 0.2) is 11.4 Å². The first-order valence-corrected chi connectivity index (χ1v) is 8.74. The highest BCUT2D eigenvalue weighted by Gasteiger charge is 2.39. The second kappa shape index (κ2) is 8.45. The van der Waals surface area contributed by atoms with Crippen molar-refractivity contribution in [2.24, 2.45) is 19.8 Å². The number of alkyl halides is 3. The largest absolute Gasteiger partial charge is 0.492 e. The molecular formula is C18H19F3N6O3. The predicted octanol–water partition coefficient (Wildman–Crippen LogP) is 2.79. The first-order chi connectivity index (χ1) is 14.2. The summed E-state index contributed by atoms with van der Waals surface area (Å²) < 4.78 is 52.0. The molecule has 2 heterocycles. The van der Waals surface area contributed by atoms with E-state index < -0.39 is 23.7 Å². The summed E-state index contributed by atoms with van der Waals surface area (Å²) >= 11 is 0. The standard InChI is InChI=1S/C18H19F3N6O3/c1-26-13(5-7-23-26)12-9-11(3-4-14(12)29-8-6-22)25-17(28)30-15-10-24-27(2)16(15)18(19,20)21/h3-5,7,9-10H,6,8,22H2,1-2H3,(H,25,28). The van der Waals surface area contributed by atoms with Crippen molar-refractivity contribution in [3.05, 3.63) is 42.4 Å². The first-order valence-electron chi connectivity index (χ1n) is 8.74. The van der Waals surface area contributed by atoms with Crippen molar-refractivity contribution >= 4 is 11.8 Å². The Kier molecular flexibility index (Phi) is 5.96. The van der Waals surface area contributed by atoms with Crippen molar-refractivity contribution in [3.63, 3.8) is 0 Å². The van der Waals surface area contributed by atoms with E-state index in [0.29, 0.717) is 28.2 Å². The highest BCUT2D eigenvalue weighted by molar-refractivity contribution is 5.88. The Labute approximate surface area is 169 Å². The molecule has 160 valence electrons. The lowest BCUT2D eigenvalue weighted by molar-refractivity contribution is -0.144. The number of anilines is 1. The number of hydrogen-bond acceptors (Lipinski definition) is 6. The summed E-state index contributed by atoms with van der Waals surface area (Å²) in [7, 11) is 2.84. The maximum absolute atomic E-state index is 13.1. The van der Waals surface area contributed by atoms with Gasteiger partial charge in [-0.1, -0.05) is 0 Å². The number of aryl methyl sites for hydroxylation is 2. The van der Waals surface area contributed by atoms with E-state index in [9.17, 15) is 18.0 Å². The van der Waals surface area contributed by atoms with E-state index in [4.69, 9.17) is 15.2 Å². The van der Waals surface area contributed by atoms with Crippen LogP contribution < -0.4 is 20.5 Å². The van der Waals surface area contributed by atoms with Gasteiger partial charge in [0.2, 0.25) is 0 Å². The average Bonchev–Trinajstić information content (AvgIpc) is 3.25. The SMILES string of the molecule is Cn1nccc1-c1cc(NC(=O)Oc2cnn(C)c2C(F)(F)F)ccc1OCCN. The van der Waals surface area contributed by atoms with E-state index in [2.05, 4.69) is 15.5 Å². The summed E-state index contributed by atoms with van der Waals surface area (Å²) in [5.74, 6) is -0.188. The summed E-state index contributed by atoms with van der Waals surface area (Å²) in [6.07, 6.45) is -3.40. The lowest BCUT2D eigenvalue weighted by Crippen LogP contribution is -2.20. The zero-order valence-corrected chi connectivity index (χ0v) is 16.1. The molecule has 1 amide bonds. The number of nitrogens with one attached hydrogen (secondary N) is 1. The van der Waals surface area contributed by atoms with Crippen molar-refractivity contribution in [1.29, 1.82) is 0 Å². The molecule has 0 radical (unpaired) electrons. The van der Waals surface area contributed by atoms with Crippen molar-refractivity contribution in [3.8, 4) is 22.8 Å². The van der Waals surface area contributed by atoms with Gasteiger partial charge in [0.05, 0.1) is 11.9 Å². The van der Waals surface area contributed by atoms with Gasteiger partial charge in [0.1, 0.15) is 12.4 Å². The van der Waals surface area contributed by atoms with Gasteiger partial charge in [-0.2, -0.15) is 23.4 Å². The Morgan fingerprint density at radius 3 is 2.57 bits per heavy atom. The van der Waals surface area contributed by atoms with Crippen LogP contribution in [0.3, 0.4) is 0 Å². The highest BCUT2D eigenvalue weighted by Crippen LogP contribution is 2.36. The number of halogens is 3. The topological polar surface area (TPSA) is 109 Å². The summed E-state index contributed by atoms with van der Waals surface area (Å²) in [5.41, 5.74) is 5.91. The molecule has 2 aromatic heterocycles. The maximum Gasteiger partial charge on any atom is 0.436 e. The van der Waals surface area contributed by atoms with Crippen LogP contribution in [0.25, 0.3) is 11.3 Å². The minimum Gasteiger partial charge on any atom is -0.492 e. The molecule has 1 aromatic carbocycles. The lowest BCUT2D eigenvalue weighted by atomic mass is 10.1. The van der Waals surface area contributed by atoms with Crippen LogP contribution in [0.1, 0.15) is 5.69 Å². The van der Waals surface area contributed by atoms with Crippen LogP contribution >= 0.6 is 0 Å². The van der Waals surface area contributed by atoms with Crippen molar-refractivity contribution in [1.82, 2.24) is 19.6 Å². The summed E-state index contributed by atoms with van der Waals surface area (Å²) in [4.78, 5) is 12.2. The number of aromatic nitrogens is 4. The van der Waals surface area contributed by atoms with Gasteiger partial charge in [-0.25, -0.2) is 4.79 Å². The Hall–Kier alpha value is -3.54. The first kappa shape index (κ1) is 21.2. The molecule has 9 nitrogen and oxygen atoms in total. The number of carbonyl (C=O) groups is 1. The number of benzene rings is 1. The third kappa shape index (κ3) is 4.54. The number of amides is 1. The Balaban J connectivity index is 1.83. The molecule has 0 bridgehead atoms. The third-order valence-corrected chi connectivity index (χ3v) is 4.07. The zero-order chi connectivity index (χ0) is 21.9. The second-order valence-electron chi connectivity index (χ2n) is 6.18. The number of nitrogens with two attached hydrogens (primary N) is 1. The molecule has 3 N–H and O–H groups in total. The Bertz CT molecular complexity index is 1040. The smallest absolute Gasteiger partial charge is 0.436 e. The summed E-state index contributed by atoms with van der Waals surface area (Å²) in [5, 5.41) is 10.0. The molecule has 0 aliphatic rings. The highest BCUT2D eigenvalue weighted by atomic mass is 19.4. The van der Waals surface area contributed by atoms with Crippen LogP contribution in [0, 0.1) is 0 Å². The third-order valence-electron chi connectivity index (χ3n) is 4.07. The van der Waals surface area contributed by atoms with Gasteiger partial charge < -0.3 is 15.2 Å². The van der Waals surface area contributed by atoms with Gasteiger partial charge in [0.25, 0.3) is 0 Å². The molecule has 0 saturated carbocycles. The Morgan fingerprint density at radius 1 is 1.17 bits per heavy atom. The lowest BCUT2D eigenvalue weighted by Gasteiger charge is -2.14. The van der Waals surface area contributed by atoms with Crippen LogP contribution in [-0.4, -0.2) is 38.8 Å². The van der Waals surface area contributed by atoms with E-state index in [1.165, 1.54) is 6.07 Å². The van der Waals surface area contributed by atoms with Gasteiger partial charge >= 0.3 is 12.3 Å². The molecule has 12 heteroatoms. The quantitative estimate of drug-likeness (QED) is 0.630. The van der Waals surface area contributed by atoms with Gasteiger partial charge in [-0.15, -0.1) is 0 Å². The molecule has 0 fully saturated rings. The van der Waals surface area contributed by atoms with Gasteiger partial charge in [-0.05, 0) is 24.3 Å². The molecule has 0 aliphatic heterocycles. The molecule has 30 heavy (non-hydrogen) atoms. The molecule has 0 spiro atoms. The number of carbonyl (C=O) groups excluding carboxylic acids is 1. The fraction of sp³-hybridized carbons (Fsp3) is 0.278. The number of ether oxygens (including phenoxy) is 2. The van der Waals surface area contributed by atoms with Crippen LogP contribution in [0.4, 0.5) is 23.7 Å². The minimum absolute atomic E-state index is 0.279. The van der Waals surface area contributed by atoms with E-state index in [-0.39, 0.29) is 12.3 Å². The maximum atomic E-state index is 13.1. The minimum atomic E-state index is -4.73. The van der Waals surface area contributed by atoms with E-state index in [1.54, 1.807) is 36.1 Å². The van der Waals surface area contributed by atoms with Crippen LogP contribution in [0.2, 0.25) is 0 Å². The zero-order valence-electron chi connectivity index (χ0n) is 16.1. The predicted molar refractivity (Wildman–Crippen MR) is 101 cm³/mol. The fourth-order valence-corrected chi connectivity index (χ4v) is 2.80. The molecule has 0 saturated heterocycles. The summed E-state index contributed by atoms with van der Waals surface area (Å²) in [6.45, 7) is 0.588. The normalized spacial score (nSPS) is 11.4. The number of rotatable bonds is 6. The van der Waals surface area contributed by atoms with E-state index in [0.717, 1.165) is 13.2 Å². The Morgan fingerprint density at radius 2 is 1.93 bits per heavy atom. The van der Waals surface area contributed by atoms with Crippen molar-refractivity contribution in [2.75, 3.05) is 18.5 Å². The number of nitrogens with zero attached hydrogens (tertiary/aromatic N) is 4. The van der Waals surface area contributed by atoms with E-state index in [1.807, 2.05) is 0 Å². The van der Waals surface area contributed by atoms with Gasteiger partial charge in [-0.3, -0.25) is 14.7 Å². The van der Waals surface area contributed by atoms with Gasteiger partial charge in [0, 0.05) is 38.1 Å². The fourth-order valence-electron chi connectivity index (χ4n) is 2.80. The van der Waals surface area contributed by atoms with Crippen LogP contribution in [0.5, 0.6) is 11.5 Å². The molecule has 0 unspecified atom stereocenters. The molecule has 3 aromatic rings. The second-order valence-corrected chi connectivity index (χ2v) is 6.18. The van der Waals surface area contributed by atoms with E-state index >= 15 is 0 Å². The van der Waals surface area contributed by atoms with Crippen LogP contribution in [-0.2, 0) is 20.3 Å². The summed E-state index contributed by atoms with van der Waals surface area (Å²) in [6, 6.07) is 6.48. The molecular weight excluding hydrogens is 405 g/mol. The average molecular weight is 424 g/mol. The molecule has 3 rings (SSSR count).